The van der Waals surface area contributed by atoms with Crippen LogP contribution < -0.4 is 5.73 Å². The fourth-order valence-corrected chi connectivity index (χ4v) is 2.06. The van der Waals surface area contributed by atoms with Crippen molar-refractivity contribution in [1.82, 2.24) is 4.98 Å². The molecule has 90 valence electrons. The van der Waals surface area contributed by atoms with E-state index in [2.05, 4.69) is 23.2 Å². The van der Waals surface area contributed by atoms with Crippen LogP contribution in [0, 0.1) is 0 Å². The number of hydrogen-bond donors (Lipinski definition) is 1. The van der Waals surface area contributed by atoms with Gasteiger partial charge in [0.15, 0.2) is 5.76 Å². The lowest BCUT2D eigenvalue weighted by molar-refractivity contribution is 0.474. The number of nitrogens with two attached hydrogens (primary N) is 1. The van der Waals surface area contributed by atoms with Gasteiger partial charge in [0.25, 0.3) is 0 Å². The van der Waals surface area contributed by atoms with E-state index in [4.69, 9.17) is 10.2 Å². The Morgan fingerprint density at radius 3 is 2.67 bits per heavy atom. The maximum absolute atomic E-state index is 5.76. The maximum Gasteiger partial charge on any atom is 0.211 e. The van der Waals surface area contributed by atoms with Crippen molar-refractivity contribution >= 4 is 10.8 Å². The predicted octanol–water partition coefficient (Wildman–Crippen LogP) is 3.51. The molecule has 0 radical (unpaired) electrons. The van der Waals surface area contributed by atoms with Crippen molar-refractivity contribution in [3.8, 4) is 11.3 Å². The normalized spacial score (nSPS) is 12.8. The molecule has 0 spiro atoms. The molecule has 1 aromatic heterocycles. The molecule has 3 heteroatoms. The zero-order valence-corrected chi connectivity index (χ0v) is 10.1. The van der Waals surface area contributed by atoms with Gasteiger partial charge in [-0.2, -0.15) is 0 Å². The van der Waals surface area contributed by atoms with E-state index in [1.54, 1.807) is 6.20 Å². The Balaban J connectivity index is 2.18. The van der Waals surface area contributed by atoms with Crippen molar-refractivity contribution < 1.29 is 4.42 Å². The number of hydrogen-bond acceptors (Lipinski definition) is 3. The molecule has 1 atom stereocenters. The van der Waals surface area contributed by atoms with Gasteiger partial charge in [-0.05, 0) is 17.7 Å². The summed E-state index contributed by atoms with van der Waals surface area (Å²) in [5.74, 6) is 1.33. The van der Waals surface area contributed by atoms with E-state index in [1.165, 1.54) is 5.39 Å². The molecule has 0 saturated carbocycles. The van der Waals surface area contributed by atoms with E-state index < -0.39 is 0 Å². The Morgan fingerprint density at radius 2 is 1.89 bits per heavy atom. The van der Waals surface area contributed by atoms with Crippen LogP contribution in [-0.4, -0.2) is 4.98 Å². The summed E-state index contributed by atoms with van der Waals surface area (Å²) in [6, 6.07) is 14.2. The second-order valence-electron chi connectivity index (χ2n) is 4.38. The van der Waals surface area contributed by atoms with Crippen LogP contribution in [0.5, 0.6) is 0 Å². The average molecular weight is 238 g/mol. The molecule has 0 aliphatic heterocycles. The molecule has 0 saturated heterocycles. The number of rotatable bonds is 2. The number of nitrogens with zero attached hydrogens (tertiary/aromatic N) is 1. The van der Waals surface area contributed by atoms with Crippen LogP contribution in [0.1, 0.15) is 18.9 Å². The Kier molecular flexibility index (Phi) is 2.61. The van der Waals surface area contributed by atoms with Crippen LogP contribution in [0.4, 0.5) is 0 Å². The molecule has 3 rings (SSSR count). The first-order chi connectivity index (χ1) is 8.75. The molecule has 1 unspecified atom stereocenters. The number of aromatic nitrogens is 1. The molecular weight excluding hydrogens is 224 g/mol. The first-order valence-electron chi connectivity index (χ1n) is 5.95. The van der Waals surface area contributed by atoms with Crippen molar-refractivity contribution in [3.63, 3.8) is 0 Å². The molecule has 18 heavy (non-hydrogen) atoms. The van der Waals surface area contributed by atoms with Gasteiger partial charge in [0.2, 0.25) is 5.89 Å². The van der Waals surface area contributed by atoms with E-state index >= 15 is 0 Å². The molecule has 0 aliphatic carbocycles. The van der Waals surface area contributed by atoms with E-state index in [9.17, 15) is 0 Å². The smallest absolute Gasteiger partial charge is 0.211 e. The van der Waals surface area contributed by atoms with Gasteiger partial charge in [0.05, 0.1) is 12.2 Å². The van der Waals surface area contributed by atoms with Crippen LogP contribution in [0.25, 0.3) is 22.1 Å². The van der Waals surface area contributed by atoms with Gasteiger partial charge in [0, 0.05) is 5.56 Å². The number of oxazole rings is 1. The van der Waals surface area contributed by atoms with Gasteiger partial charge in [-0.3, -0.25) is 0 Å². The van der Waals surface area contributed by atoms with Crippen LogP contribution >= 0.6 is 0 Å². The highest BCUT2D eigenvalue weighted by atomic mass is 16.4. The maximum atomic E-state index is 5.76. The molecule has 0 amide bonds. The van der Waals surface area contributed by atoms with Gasteiger partial charge in [-0.25, -0.2) is 4.98 Å². The second kappa shape index (κ2) is 4.27. The number of benzene rings is 2. The van der Waals surface area contributed by atoms with Gasteiger partial charge in [0.1, 0.15) is 0 Å². The summed E-state index contributed by atoms with van der Waals surface area (Å²) in [5.41, 5.74) is 6.81. The third-order valence-electron chi connectivity index (χ3n) is 2.97. The summed E-state index contributed by atoms with van der Waals surface area (Å²) in [6.07, 6.45) is 1.74. The van der Waals surface area contributed by atoms with Crippen molar-refractivity contribution in [3.05, 3.63) is 54.6 Å². The van der Waals surface area contributed by atoms with Gasteiger partial charge in [-0.1, -0.05) is 42.5 Å². The van der Waals surface area contributed by atoms with Gasteiger partial charge in [-0.15, -0.1) is 0 Å². The SMILES string of the molecule is CC(N)c1ncc(-c2cccc3ccccc23)o1. The van der Waals surface area contributed by atoms with Crippen LogP contribution in [0.3, 0.4) is 0 Å². The fourth-order valence-electron chi connectivity index (χ4n) is 2.06. The third-order valence-corrected chi connectivity index (χ3v) is 2.97. The Morgan fingerprint density at radius 1 is 1.11 bits per heavy atom. The molecule has 2 aromatic carbocycles. The van der Waals surface area contributed by atoms with Crippen molar-refractivity contribution in [1.29, 1.82) is 0 Å². The standard InChI is InChI=1S/C15H14N2O/c1-10(16)15-17-9-14(18-15)13-8-4-6-11-5-2-3-7-12(11)13/h2-10H,16H2,1H3. The number of fused-ring (bicyclic) bond motifs is 1. The zero-order valence-electron chi connectivity index (χ0n) is 10.1. The lowest BCUT2D eigenvalue weighted by Crippen LogP contribution is -2.04. The predicted molar refractivity (Wildman–Crippen MR) is 72.0 cm³/mol. The summed E-state index contributed by atoms with van der Waals surface area (Å²) < 4.78 is 5.70. The van der Waals surface area contributed by atoms with Crippen molar-refractivity contribution in [2.45, 2.75) is 13.0 Å². The lowest BCUT2D eigenvalue weighted by Gasteiger charge is -2.03. The Labute approximate surface area is 105 Å². The Bertz CT molecular complexity index is 680. The molecule has 3 nitrogen and oxygen atoms in total. The van der Waals surface area contributed by atoms with Crippen LogP contribution in [-0.2, 0) is 0 Å². The van der Waals surface area contributed by atoms with Crippen LogP contribution in [0.15, 0.2) is 53.1 Å². The highest BCUT2D eigenvalue weighted by Gasteiger charge is 2.11. The topological polar surface area (TPSA) is 52.0 Å². The fraction of sp³-hybridized carbons (Fsp3) is 0.133. The quantitative estimate of drug-likeness (QED) is 0.743. The Hall–Kier alpha value is -2.13. The second-order valence-corrected chi connectivity index (χ2v) is 4.38. The van der Waals surface area contributed by atoms with E-state index in [-0.39, 0.29) is 6.04 Å². The largest absolute Gasteiger partial charge is 0.439 e. The van der Waals surface area contributed by atoms with E-state index in [1.807, 2.05) is 31.2 Å². The molecule has 2 N–H and O–H groups in total. The minimum absolute atomic E-state index is 0.186. The molecule has 0 bridgehead atoms. The highest BCUT2D eigenvalue weighted by Crippen LogP contribution is 2.29. The minimum atomic E-state index is -0.186. The van der Waals surface area contributed by atoms with Crippen molar-refractivity contribution in [2.24, 2.45) is 5.73 Å². The molecule has 3 aromatic rings. The monoisotopic (exact) mass is 238 g/mol. The summed E-state index contributed by atoms with van der Waals surface area (Å²) in [6.45, 7) is 1.86. The van der Waals surface area contributed by atoms with Gasteiger partial charge < -0.3 is 10.2 Å². The zero-order chi connectivity index (χ0) is 12.5. The summed E-state index contributed by atoms with van der Waals surface area (Å²) in [4.78, 5) is 4.21. The minimum Gasteiger partial charge on any atom is -0.439 e. The summed E-state index contributed by atoms with van der Waals surface area (Å²) in [5, 5.41) is 2.35. The van der Waals surface area contributed by atoms with Gasteiger partial charge >= 0.3 is 0 Å². The molecule has 0 fully saturated rings. The summed E-state index contributed by atoms with van der Waals surface area (Å²) in [7, 11) is 0. The van der Waals surface area contributed by atoms with Crippen molar-refractivity contribution in [2.75, 3.05) is 0 Å². The summed E-state index contributed by atoms with van der Waals surface area (Å²) >= 11 is 0. The first-order valence-corrected chi connectivity index (χ1v) is 5.95. The van der Waals surface area contributed by atoms with Crippen LogP contribution in [0.2, 0.25) is 0 Å². The highest BCUT2D eigenvalue weighted by molar-refractivity contribution is 5.95. The third kappa shape index (κ3) is 1.79. The molecule has 1 heterocycles. The van der Waals surface area contributed by atoms with E-state index in [0.717, 1.165) is 16.7 Å². The van der Waals surface area contributed by atoms with E-state index in [0.29, 0.717) is 5.89 Å². The first kappa shape index (κ1) is 11.0. The average Bonchev–Trinajstić information content (AvgIpc) is 2.87. The molecular formula is C15H14N2O. The lowest BCUT2D eigenvalue weighted by atomic mass is 10.0. The molecule has 0 aliphatic rings.